The summed E-state index contributed by atoms with van der Waals surface area (Å²) in [7, 11) is 0. The normalized spacial score (nSPS) is 15.7. The van der Waals surface area contributed by atoms with Crippen molar-refractivity contribution in [3.8, 4) is 0 Å². The molecule has 0 aromatic rings. The van der Waals surface area contributed by atoms with Crippen LogP contribution >= 0.6 is 31.9 Å². The summed E-state index contributed by atoms with van der Waals surface area (Å²) in [6.07, 6.45) is -1.32. The van der Waals surface area contributed by atoms with Gasteiger partial charge in [0.25, 0.3) is 0 Å². The van der Waals surface area contributed by atoms with Gasteiger partial charge in [-0.25, -0.2) is 0 Å². The molecule has 112 valence electrons. The van der Waals surface area contributed by atoms with E-state index in [1.807, 2.05) is 0 Å². The zero-order valence-corrected chi connectivity index (χ0v) is 12.2. The largest absolute Gasteiger partial charge is 0.390 e. The Kier molecular flexibility index (Phi) is 10.9. The van der Waals surface area contributed by atoms with E-state index in [4.69, 9.17) is 20.4 Å². The third-order valence-electron chi connectivity index (χ3n) is 1.69. The molecule has 10 heteroatoms. The average Bonchev–Trinajstić information content (AvgIpc) is 2.37. The van der Waals surface area contributed by atoms with E-state index in [1.165, 1.54) is 0 Å². The lowest BCUT2D eigenvalue weighted by Gasteiger charge is -2.22. The standard InChI is InChI=1S/C4H8Br2O2.C4H6F4O2/c5-1-3(7)4(8)2-6;5-3(6,1-9)4(7,8)2-10/h3-4,7-8H,1-2H2;9-10H,1-2H2. The molecule has 0 aliphatic rings. The van der Waals surface area contributed by atoms with Gasteiger partial charge in [0.2, 0.25) is 0 Å². The Hall–Kier alpha value is 0.520. The summed E-state index contributed by atoms with van der Waals surface area (Å²) in [6, 6.07) is 0. The van der Waals surface area contributed by atoms with E-state index >= 15 is 0 Å². The lowest BCUT2D eigenvalue weighted by atomic mass is 10.2. The Morgan fingerprint density at radius 3 is 1.11 bits per heavy atom. The Morgan fingerprint density at radius 1 is 0.778 bits per heavy atom. The minimum absolute atomic E-state index is 0.416. The number of hydrogen-bond donors (Lipinski definition) is 4. The molecule has 0 saturated heterocycles. The number of rotatable bonds is 6. The van der Waals surface area contributed by atoms with Crippen LogP contribution < -0.4 is 0 Å². The number of aliphatic hydroxyl groups excluding tert-OH is 4. The van der Waals surface area contributed by atoms with Crippen molar-refractivity contribution in [1.82, 2.24) is 0 Å². The van der Waals surface area contributed by atoms with Crippen molar-refractivity contribution in [2.45, 2.75) is 24.1 Å². The van der Waals surface area contributed by atoms with E-state index in [2.05, 4.69) is 31.9 Å². The van der Waals surface area contributed by atoms with Crippen LogP contribution in [0, 0.1) is 0 Å². The fourth-order valence-corrected chi connectivity index (χ4v) is 1.30. The van der Waals surface area contributed by atoms with Gasteiger partial charge in [-0.1, -0.05) is 31.9 Å². The van der Waals surface area contributed by atoms with Crippen LogP contribution in [0.2, 0.25) is 0 Å². The summed E-state index contributed by atoms with van der Waals surface area (Å²) in [5.41, 5.74) is 0. The van der Waals surface area contributed by atoms with Gasteiger partial charge in [0.05, 0.1) is 12.2 Å². The summed E-state index contributed by atoms with van der Waals surface area (Å²) in [5.74, 6) is -9.08. The Balaban J connectivity index is 0. The van der Waals surface area contributed by atoms with E-state index in [0.717, 1.165) is 0 Å². The van der Waals surface area contributed by atoms with Crippen LogP contribution in [0.3, 0.4) is 0 Å². The first-order valence-electron chi connectivity index (χ1n) is 4.55. The van der Waals surface area contributed by atoms with Crippen LogP contribution in [0.25, 0.3) is 0 Å². The van der Waals surface area contributed by atoms with Crippen LogP contribution in [0.4, 0.5) is 17.6 Å². The van der Waals surface area contributed by atoms with Crippen molar-refractivity contribution in [3.05, 3.63) is 0 Å². The van der Waals surface area contributed by atoms with Crippen molar-refractivity contribution in [1.29, 1.82) is 0 Å². The summed E-state index contributed by atoms with van der Waals surface area (Å²) >= 11 is 6.05. The zero-order valence-electron chi connectivity index (χ0n) is 9.04. The lowest BCUT2D eigenvalue weighted by molar-refractivity contribution is -0.239. The monoisotopic (exact) mass is 408 g/mol. The molecule has 2 atom stereocenters. The van der Waals surface area contributed by atoms with Gasteiger partial charge in [-0.3, -0.25) is 0 Å². The van der Waals surface area contributed by atoms with Crippen molar-refractivity contribution in [3.63, 3.8) is 0 Å². The maximum Gasteiger partial charge on any atom is 0.334 e. The molecule has 4 nitrogen and oxygen atoms in total. The van der Waals surface area contributed by atoms with Crippen LogP contribution in [0.15, 0.2) is 0 Å². The second-order valence-corrected chi connectivity index (χ2v) is 4.46. The van der Waals surface area contributed by atoms with Crippen LogP contribution in [-0.4, -0.2) is 68.4 Å². The molecule has 0 radical (unpaired) electrons. The smallest absolute Gasteiger partial charge is 0.334 e. The fraction of sp³-hybridized carbons (Fsp3) is 1.00. The number of alkyl halides is 6. The lowest BCUT2D eigenvalue weighted by Crippen LogP contribution is -2.46. The first-order valence-corrected chi connectivity index (χ1v) is 6.79. The van der Waals surface area contributed by atoms with E-state index in [0.29, 0.717) is 10.7 Å². The molecule has 18 heavy (non-hydrogen) atoms. The van der Waals surface area contributed by atoms with Gasteiger partial charge in [-0.15, -0.1) is 0 Å². The van der Waals surface area contributed by atoms with Crippen LogP contribution in [0.1, 0.15) is 0 Å². The molecule has 0 bridgehead atoms. The topological polar surface area (TPSA) is 80.9 Å². The quantitative estimate of drug-likeness (QED) is 0.385. The predicted octanol–water partition coefficient (Wildman–Crippen LogP) is 0.740. The van der Waals surface area contributed by atoms with Crippen LogP contribution in [-0.2, 0) is 0 Å². The molecular formula is C8H14Br2F4O4. The van der Waals surface area contributed by atoms with Gasteiger partial charge < -0.3 is 20.4 Å². The van der Waals surface area contributed by atoms with Gasteiger partial charge >= 0.3 is 11.8 Å². The minimum atomic E-state index is -4.54. The van der Waals surface area contributed by atoms with Gasteiger partial charge in [-0.05, 0) is 0 Å². The third kappa shape index (κ3) is 7.19. The first kappa shape index (κ1) is 20.8. The first-order chi connectivity index (χ1) is 8.09. The number of hydrogen-bond acceptors (Lipinski definition) is 4. The zero-order chi connectivity index (χ0) is 15.0. The SMILES string of the molecule is OC(CBr)C(O)CBr.OCC(F)(F)C(F)(F)CO. The molecule has 4 N–H and O–H groups in total. The highest BCUT2D eigenvalue weighted by atomic mass is 79.9. The second-order valence-electron chi connectivity index (χ2n) is 3.17. The molecule has 0 saturated carbocycles. The highest BCUT2D eigenvalue weighted by molar-refractivity contribution is 9.09. The van der Waals surface area contributed by atoms with Crippen molar-refractivity contribution >= 4 is 31.9 Å². The summed E-state index contributed by atoms with van der Waals surface area (Å²) in [4.78, 5) is 0. The van der Waals surface area contributed by atoms with E-state index < -0.39 is 37.3 Å². The van der Waals surface area contributed by atoms with E-state index in [1.54, 1.807) is 0 Å². The molecule has 0 aromatic heterocycles. The maximum atomic E-state index is 11.8. The Bertz CT molecular complexity index is 199. The summed E-state index contributed by atoms with van der Waals surface area (Å²) in [6.45, 7) is -3.94. The van der Waals surface area contributed by atoms with Crippen molar-refractivity contribution in [2.24, 2.45) is 0 Å². The van der Waals surface area contributed by atoms with Crippen LogP contribution in [0.5, 0.6) is 0 Å². The molecule has 0 aliphatic heterocycles. The molecule has 0 heterocycles. The van der Waals surface area contributed by atoms with E-state index in [-0.39, 0.29) is 0 Å². The minimum Gasteiger partial charge on any atom is -0.390 e. The predicted molar refractivity (Wildman–Crippen MR) is 63.7 cm³/mol. The van der Waals surface area contributed by atoms with Gasteiger partial charge in [0, 0.05) is 10.7 Å². The number of halogens is 6. The molecule has 0 aromatic carbocycles. The highest BCUT2D eigenvalue weighted by Crippen LogP contribution is 2.32. The summed E-state index contributed by atoms with van der Waals surface area (Å²) < 4.78 is 47.1. The Morgan fingerprint density at radius 2 is 1.00 bits per heavy atom. The van der Waals surface area contributed by atoms with Crippen molar-refractivity contribution in [2.75, 3.05) is 23.9 Å². The molecular weight excluding hydrogens is 396 g/mol. The molecule has 0 rings (SSSR count). The molecule has 0 aliphatic carbocycles. The van der Waals surface area contributed by atoms with Gasteiger partial charge in [-0.2, -0.15) is 17.6 Å². The molecule has 2 unspecified atom stereocenters. The molecule has 0 fully saturated rings. The Labute approximate surface area is 118 Å². The van der Waals surface area contributed by atoms with E-state index in [9.17, 15) is 17.6 Å². The molecule has 0 spiro atoms. The average molecular weight is 410 g/mol. The fourth-order valence-electron chi connectivity index (χ4n) is 0.437. The third-order valence-corrected chi connectivity index (χ3v) is 3.02. The second kappa shape index (κ2) is 9.43. The highest BCUT2D eigenvalue weighted by Gasteiger charge is 2.55. The van der Waals surface area contributed by atoms with Gasteiger partial charge in [0.1, 0.15) is 13.2 Å². The maximum absolute atomic E-state index is 11.8. The summed E-state index contributed by atoms with van der Waals surface area (Å²) in [5, 5.41) is 33.9. The van der Waals surface area contributed by atoms with Gasteiger partial charge in [0.15, 0.2) is 0 Å². The van der Waals surface area contributed by atoms with Crippen molar-refractivity contribution < 1.29 is 38.0 Å². The number of aliphatic hydroxyl groups is 4. The molecule has 0 amide bonds.